The summed E-state index contributed by atoms with van der Waals surface area (Å²) in [5, 5.41) is 9.83. The number of likely N-dealkylation sites (N-methyl/N-ethyl adjacent to an activating group) is 1. The Balaban J connectivity index is 2.19. The zero-order valence-electron chi connectivity index (χ0n) is 12.0. The van der Waals surface area contributed by atoms with E-state index in [1.165, 1.54) is 4.90 Å². The largest absolute Gasteiger partial charge is 0.389 e. The number of amides is 1. The molecule has 0 aromatic heterocycles. The van der Waals surface area contributed by atoms with Crippen molar-refractivity contribution >= 4 is 5.91 Å². The van der Waals surface area contributed by atoms with Crippen molar-refractivity contribution in [3.05, 3.63) is 35.9 Å². The van der Waals surface area contributed by atoms with Gasteiger partial charge in [0.2, 0.25) is 5.91 Å². The Morgan fingerprint density at radius 1 is 1.40 bits per heavy atom. The minimum Gasteiger partial charge on any atom is -0.389 e. The summed E-state index contributed by atoms with van der Waals surface area (Å²) in [6.07, 6.45) is 0.416. The van der Waals surface area contributed by atoms with Crippen LogP contribution in [0.4, 0.5) is 0 Å². The number of benzene rings is 1. The third-order valence-corrected chi connectivity index (χ3v) is 2.93. The Morgan fingerprint density at radius 3 is 2.75 bits per heavy atom. The second-order valence-corrected chi connectivity index (χ2v) is 4.82. The van der Waals surface area contributed by atoms with Crippen molar-refractivity contribution in [2.75, 3.05) is 26.7 Å². The molecule has 1 unspecified atom stereocenters. The molecule has 0 saturated heterocycles. The molecule has 0 saturated carbocycles. The quantitative estimate of drug-likeness (QED) is 0.700. The lowest BCUT2D eigenvalue weighted by molar-refractivity contribution is -0.131. The SMILES string of the molecule is CN(CC(O)COCc1ccccc1)C(=O)CCCN. The molecule has 3 N–H and O–H groups in total. The van der Waals surface area contributed by atoms with Gasteiger partial charge in [-0.05, 0) is 18.5 Å². The highest BCUT2D eigenvalue weighted by atomic mass is 16.5. The summed E-state index contributed by atoms with van der Waals surface area (Å²) in [7, 11) is 1.68. The summed E-state index contributed by atoms with van der Waals surface area (Å²) >= 11 is 0. The van der Waals surface area contributed by atoms with Crippen molar-refractivity contribution in [1.29, 1.82) is 0 Å². The van der Waals surface area contributed by atoms with Crippen LogP contribution in [0.1, 0.15) is 18.4 Å². The Kier molecular flexibility index (Phi) is 7.87. The molecule has 1 amide bonds. The van der Waals surface area contributed by atoms with Gasteiger partial charge in [0.1, 0.15) is 0 Å². The van der Waals surface area contributed by atoms with Crippen LogP contribution >= 0.6 is 0 Å². The third kappa shape index (κ3) is 6.65. The molecule has 0 bridgehead atoms. The molecule has 1 rings (SSSR count). The Hall–Kier alpha value is -1.43. The van der Waals surface area contributed by atoms with Crippen LogP contribution in [-0.4, -0.2) is 48.8 Å². The van der Waals surface area contributed by atoms with Crippen LogP contribution in [-0.2, 0) is 16.1 Å². The zero-order valence-corrected chi connectivity index (χ0v) is 12.0. The van der Waals surface area contributed by atoms with Crippen molar-refractivity contribution in [2.45, 2.75) is 25.6 Å². The fourth-order valence-electron chi connectivity index (χ4n) is 1.80. The van der Waals surface area contributed by atoms with Gasteiger partial charge in [0.05, 0.1) is 19.3 Å². The topological polar surface area (TPSA) is 75.8 Å². The molecule has 0 spiro atoms. The van der Waals surface area contributed by atoms with Crippen molar-refractivity contribution in [2.24, 2.45) is 5.73 Å². The first kappa shape index (κ1) is 16.6. The van der Waals surface area contributed by atoms with E-state index >= 15 is 0 Å². The third-order valence-electron chi connectivity index (χ3n) is 2.93. The monoisotopic (exact) mass is 280 g/mol. The van der Waals surface area contributed by atoms with Gasteiger partial charge in [-0.25, -0.2) is 0 Å². The predicted molar refractivity (Wildman–Crippen MR) is 78.0 cm³/mol. The number of carbonyl (C=O) groups is 1. The van der Waals surface area contributed by atoms with Gasteiger partial charge < -0.3 is 20.5 Å². The summed E-state index contributed by atoms with van der Waals surface area (Å²) in [5.41, 5.74) is 6.42. The zero-order chi connectivity index (χ0) is 14.8. The molecule has 1 aromatic rings. The lowest BCUT2D eigenvalue weighted by Crippen LogP contribution is -2.36. The average molecular weight is 280 g/mol. The maximum Gasteiger partial charge on any atom is 0.222 e. The molecule has 112 valence electrons. The number of hydrogen-bond acceptors (Lipinski definition) is 4. The van der Waals surface area contributed by atoms with Gasteiger partial charge in [0, 0.05) is 20.0 Å². The highest BCUT2D eigenvalue weighted by molar-refractivity contribution is 5.75. The van der Waals surface area contributed by atoms with Gasteiger partial charge in [0.25, 0.3) is 0 Å². The lowest BCUT2D eigenvalue weighted by Gasteiger charge is -2.20. The molecule has 5 heteroatoms. The number of nitrogens with two attached hydrogens (primary N) is 1. The average Bonchev–Trinajstić information content (AvgIpc) is 2.45. The Labute approximate surface area is 120 Å². The fourth-order valence-corrected chi connectivity index (χ4v) is 1.80. The summed E-state index contributed by atoms with van der Waals surface area (Å²) < 4.78 is 5.44. The van der Waals surface area contributed by atoms with E-state index in [2.05, 4.69) is 0 Å². The van der Waals surface area contributed by atoms with Crippen LogP contribution in [0.2, 0.25) is 0 Å². The number of aliphatic hydroxyl groups excluding tert-OH is 1. The van der Waals surface area contributed by atoms with Crippen LogP contribution in [0, 0.1) is 0 Å². The van der Waals surface area contributed by atoms with E-state index in [9.17, 15) is 9.90 Å². The van der Waals surface area contributed by atoms with Gasteiger partial charge in [-0.2, -0.15) is 0 Å². The smallest absolute Gasteiger partial charge is 0.222 e. The van der Waals surface area contributed by atoms with E-state index in [0.29, 0.717) is 26.0 Å². The molecule has 0 aliphatic carbocycles. The van der Waals surface area contributed by atoms with Crippen LogP contribution in [0.15, 0.2) is 30.3 Å². The molecular formula is C15H24N2O3. The van der Waals surface area contributed by atoms with Crippen LogP contribution in [0.5, 0.6) is 0 Å². The maximum absolute atomic E-state index is 11.7. The molecule has 20 heavy (non-hydrogen) atoms. The molecule has 0 fully saturated rings. The number of ether oxygens (including phenoxy) is 1. The first-order valence-electron chi connectivity index (χ1n) is 6.87. The fraction of sp³-hybridized carbons (Fsp3) is 0.533. The maximum atomic E-state index is 11.7. The molecule has 5 nitrogen and oxygen atoms in total. The molecule has 0 radical (unpaired) electrons. The first-order valence-corrected chi connectivity index (χ1v) is 6.87. The second kappa shape index (κ2) is 9.47. The number of hydrogen-bond donors (Lipinski definition) is 2. The van der Waals surface area contributed by atoms with Gasteiger partial charge in [0.15, 0.2) is 0 Å². The van der Waals surface area contributed by atoms with E-state index in [1.807, 2.05) is 30.3 Å². The molecule has 1 aromatic carbocycles. The molecule has 0 aliphatic rings. The van der Waals surface area contributed by atoms with Crippen LogP contribution in [0.25, 0.3) is 0 Å². The molecule has 0 aliphatic heterocycles. The molecule has 1 atom stereocenters. The van der Waals surface area contributed by atoms with Crippen molar-refractivity contribution in [3.8, 4) is 0 Å². The lowest BCUT2D eigenvalue weighted by atomic mass is 10.2. The van der Waals surface area contributed by atoms with Crippen LogP contribution < -0.4 is 5.73 Å². The first-order chi connectivity index (χ1) is 9.63. The van der Waals surface area contributed by atoms with Gasteiger partial charge in [-0.1, -0.05) is 30.3 Å². The number of nitrogens with zero attached hydrogens (tertiary/aromatic N) is 1. The number of aliphatic hydroxyl groups is 1. The van der Waals surface area contributed by atoms with E-state index < -0.39 is 6.10 Å². The summed E-state index contributed by atoms with van der Waals surface area (Å²) in [5.74, 6) is -0.00226. The molecular weight excluding hydrogens is 256 g/mol. The minimum atomic E-state index is -0.675. The van der Waals surface area contributed by atoms with Crippen LogP contribution in [0.3, 0.4) is 0 Å². The van der Waals surface area contributed by atoms with E-state index in [-0.39, 0.29) is 19.1 Å². The Bertz CT molecular complexity index is 384. The van der Waals surface area contributed by atoms with Gasteiger partial charge in [-0.3, -0.25) is 4.79 Å². The highest BCUT2D eigenvalue weighted by Crippen LogP contribution is 2.02. The van der Waals surface area contributed by atoms with Crippen molar-refractivity contribution < 1.29 is 14.6 Å². The summed E-state index contributed by atoms with van der Waals surface area (Å²) in [6, 6.07) is 9.77. The highest BCUT2D eigenvalue weighted by Gasteiger charge is 2.13. The predicted octanol–water partition coefficient (Wildman–Crippen LogP) is 0.761. The normalized spacial score (nSPS) is 12.2. The number of rotatable bonds is 9. The van der Waals surface area contributed by atoms with E-state index in [1.54, 1.807) is 7.05 Å². The number of carbonyl (C=O) groups excluding carboxylic acids is 1. The minimum absolute atomic E-state index is 0.00226. The van der Waals surface area contributed by atoms with E-state index in [4.69, 9.17) is 10.5 Å². The van der Waals surface area contributed by atoms with E-state index in [0.717, 1.165) is 5.56 Å². The van der Waals surface area contributed by atoms with Crippen molar-refractivity contribution in [3.63, 3.8) is 0 Å². The summed E-state index contributed by atoms with van der Waals surface area (Å²) in [4.78, 5) is 13.2. The standard InChI is InChI=1S/C15H24N2O3/c1-17(15(19)8-5-9-16)10-14(18)12-20-11-13-6-3-2-4-7-13/h2-4,6-7,14,18H,5,8-12,16H2,1H3. The Morgan fingerprint density at radius 2 is 2.10 bits per heavy atom. The second-order valence-electron chi connectivity index (χ2n) is 4.82. The molecule has 0 heterocycles. The summed E-state index contributed by atoms with van der Waals surface area (Å²) in [6.45, 7) is 1.45. The van der Waals surface area contributed by atoms with Gasteiger partial charge >= 0.3 is 0 Å². The van der Waals surface area contributed by atoms with Gasteiger partial charge in [-0.15, -0.1) is 0 Å². The van der Waals surface area contributed by atoms with Crippen molar-refractivity contribution in [1.82, 2.24) is 4.90 Å².